The van der Waals surface area contributed by atoms with Crippen LogP contribution in [0.4, 0.5) is 0 Å². The number of aliphatic hydroxyl groups excluding tert-OH is 1. The maximum Gasteiger partial charge on any atom is 0.0596 e. The van der Waals surface area contributed by atoms with Crippen LogP contribution in [0.15, 0.2) is 0 Å². The van der Waals surface area contributed by atoms with Gasteiger partial charge in [-0.15, -0.1) is 0 Å². The Morgan fingerprint density at radius 2 is 2.11 bits per heavy atom. The minimum Gasteiger partial charge on any atom is -0.393 e. The molecular formula is C8H14O. The second kappa shape index (κ2) is 1.51. The first kappa shape index (κ1) is 5.72. The SMILES string of the molecule is C[C@]12CC[C@H]1CC[C@H]2O. The molecule has 1 N–H and O–H groups in total. The normalized spacial score (nSPS) is 56.7. The lowest BCUT2D eigenvalue weighted by Gasteiger charge is -2.44. The fourth-order valence-corrected chi connectivity index (χ4v) is 2.41. The summed E-state index contributed by atoms with van der Waals surface area (Å²) < 4.78 is 0. The minimum atomic E-state index is 0.0243. The summed E-state index contributed by atoms with van der Waals surface area (Å²) in [5.41, 5.74) is 0.347. The van der Waals surface area contributed by atoms with Crippen molar-refractivity contribution < 1.29 is 5.11 Å². The van der Waals surface area contributed by atoms with Crippen molar-refractivity contribution in [2.45, 2.75) is 38.7 Å². The van der Waals surface area contributed by atoms with Crippen LogP contribution in [0.25, 0.3) is 0 Å². The number of rotatable bonds is 0. The van der Waals surface area contributed by atoms with Crippen molar-refractivity contribution in [3.63, 3.8) is 0 Å². The topological polar surface area (TPSA) is 20.2 Å². The summed E-state index contributed by atoms with van der Waals surface area (Å²) in [5.74, 6) is 0.868. The van der Waals surface area contributed by atoms with E-state index >= 15 is 0 Å². The van der Waals surface area contributed by atoms with Crippen LogP contribution in [0.2, 0.25) is 0 Å². The van der Waals surface area contributed by atoms with Gasteiger partial charge in [0.25, 0.3) is 0 Å². The molecule has 52 valence electrons. The molecule has 0 aromatic carbocycles. The summed E-state index contributed by atoms with van der Waals surface area (Å²) in [7, 11) is 0. The van der Waals surface area contributed by atoms with E-state index in [9.17, 15) is 5.11 Å². The van der Waals surface area contributed by atoms with Crippen LogP contribution in [0, 0.1) is 11.3 Å². The molecular weight excluding hydrogens is 112 g/mol. The van der Waals surface area contributed by atoms with Crippen molar-refractivity contribution in [3.05, 3.63) is 0 Å². The summed E-state index contributed by atoms with van der Waals surface area (Å²) in [6.07, 6.45) is 4.99. The van der Waals surface area contributed by atoms with E-state index in [1.807, 2.05) is 0 Å². The largest absolute Gasteiger partial charge is 0.393 e. The molecule has 2 aliphatic rings. The molecule has 0 spiro atoms. The Kier molecular flexibility index (Phi) is 0.963. The van der Waals surface area contributed by atoms with Crippen molar-refractivity contribution in [1.29, 1.82) is 0 Å². The molecule has 0 aliphatic heterocycles. The third-order valence-electron chi connectivity index (χ3n) is 3.51. The van der Waals surface area contributed by atoms with E-state index in [1.54, 1.807) is 0 Å². The van der Waals surface area contributed by atoms with Gasteiger partial charge in [-0.05, 0) is 37.0 Å². The van der Waals surface area contributed by atoms with Crippen molar-refractivity contribution in [1.82, 2.24) is 0 Å². The third kappa shape index (κ3) is 0.536. The van der Waals surface area contributed by atoms with E-state index in [1.165, 1.54) is 19.3 Å². The number of hydrogen-bond donors (Lipinski definition) is 1. The van der Waals surface area contributed by atoms with Crippen LogP contribution in [-0.2, 0) is 0 Å². The fourth-order valence-electron chi connectivity index (χ4n) is 2.41. The Morgan fingerprint density at radius 1 is 1.33 bits per heavy atom. The molecule has 0 heterocycles. The van der Waals surface area contributed by atoms with Gasteiger partial charge < -0.3 is 5.11 Å². The Balaban J connectivity index is 2.18. The molecule has 0 amide bonds. The van der Waals surface area contributed by atoms with E-state index in [0.29, 0.717) is 5.41 Å². The number of hydrogen-bond acceptors (Lipinski definition) is 1. The van der Waals surface area contributed by atoms with Gasteiger partial charge in [-0.2, -0.15) is 0 Å². The maximum absolute atomic E-state index is 9.48. The second-order valence-corrected chi connectivity index (χ2v) is 3.83. The smallest absolute Gasteiger partial charge is 0.0596 e. The predicted molar refractivity (Wildman–Crippen MR) is 36.1 cm³/mol. The Labute approximate surface area is 56.1 Å². The second-order valence-electron chi connectivity index (χ2n) is 3.83. The summed E-state index contributed by atoms with van der Waals surface area (Å²) in [6.45, 7) is 2.23. The highest BCUT2D eigenvalue weighted by molar-refractivity contribution is 5.02. The highest BCUT2D eigenvalue weighted by Crippen LogP contribution is 2.56. The lowest BCUT2D eigenvalue weighted by molar-refractivity contribution is -0.0250. The zero-order chi connectivity index (χ0) is 6.48. The molecule has 0 unspecified atom stereocenters. The van der Waals surface area contributed by atoms with E-state index in [0.717, 1.165) is 12.3 Å². The first-order valence-electron chi connectivity index (χ1n) is 3.91. The van der Waals surface area contributed by atoms with Gasteiger partial charge in [-0.25, -0.2) is 0 Å². The molecule has 9 heavy (non-hydrogen) atoms. The quantitative estimate of drug-likeness (QED) is 0.522. The average molecular weight is 126 g/mol. The lowest BCUT2D eigenvalue weighted by Crippen LogP contribution is -2.40. The molecule has 0 aromatic heterocycles. The van der Waals surface area contributed by atoms with E-state index in [-0.39, 0.29) is 6.10 Å². The highest BCUT2D eigenvalue weighted by Gasteiger charge is 2.51. The zero-order valence-electron chi connectivity index (χ0n) is 5.93. The minimum absolute atomic E-state index is 0.0243. The molecule has 0 aromatic rings. The molecule has 1 heteroatoms. The predicted octanol–water partition coefficient (Wildman–Crippen LogP) is 1.56. The molecule has 2 rings (SSSR count). The molecule has 3 atom stereocenters. The van der Waals surface area contributed by atoms with E-state index < -0.39 is 0 Å². The molecule has 2 fully saturated rings. The zero-order valence-corrected chi connectivity index (χ0v) is 5.93. The molecule has 1 nitrogen and oxygen atoms in total. The van der Waals surface area contributed by atoms with Gasteiger partial charge in [-0.3, -0.25) is 0 Å². The van der Waals surface area contributed by atoms with Crippen molar-refractivity contribution >= 4 is 0 Å². The summed E-state index contributed by atoms with van der Waals surface area (Å²) in [5, 5.41) is 9.48. The van der Waals surface area contributed by atoms with E-state index in [4.69, 9.17) is 0 Å². The lowest BCUT2D eigenvalue weighted by atomic mass is 9.62. The Hall–Kier alpha value is -0.0400. The van der Waals surface area contributed by atoms with Crippen molar-refractivity contribution in [2.24, 2.45) is 11.3 Å². The van der Waals surface area contributed by atoms with Gasteiger partial charge in [0.05, 0.1) is 6.10 Å². The van der Waals surface area contributed by atoms with Gasteiger partial charge in [0.1, 0.15) is 0 Å². The fraction of sp³-hybridized carbons (Fsp3) is 1.00. The highest BCUT2D eigenvalue weighted by atomic mass is 16.3. The molecule has 0 saturated heterocycles. The van der Waals surface area contributed by atoms with Gasteiger partial charge >= 0.3 is 0 Å². The first-order valence-corrected chi connectivity index (χ1v) is 3.91. The van der Waals surface area contributed by atoms with Gasteiger partial charge in [-0.1, -0.05) is 6.92 Å². The molecule has 0 radical (unpaired) electrons. The number of aliphatic hydroxyl groups is 1. The summed E-state index contributed by atoms with van der Waals surface area (Å²) in [6, 6.07) is 0. The maximum atomic E-state index is 9.48. The van der Waals surface area contributed by atoms with Crippen molar-refractivity contribution in [2.75, 3.05) is 0 Å². The molecule has 2 aliphatic carbocycles. The van der Waals surface area contributed by atoms with Crippen molar-refractivity contribution in [3.8, 4) is 0 Å². The number of fused-ring (bicyclic) bond motifs is 1. The summed E-state index contributed by atoms with van der Waals surface area (Å²) in [4.78, 5) is 0. The first-order chi connectivity index (χ1) is 4.23. The molecule has 2 saturated carbocycles. The monoisotopic (exact) mass is 126 g/mol. The Bertz CT molecular complexity index is 125. The van der Waals surface area contributed by atoms with Gasteiger partial charge in [0, 0.05) is 0 Å². The Morgan fingerprint density at radius 3 is 2.33 bits per heavy atom. The van der Waals surface area contributed by atoms with Crippen LogP contribution >= 0.6 is 0 Å². The van der Waals surface area contributed by atoms with E-state index in [2.05, 4.69) is 6.92 Å². The summed E-state index contributed by atoms with van der Waals surface area (Å²) >= 11 is 0. The van der Waals surface area contributed by atoms with Gasteiger partial charge in [0.2, 0.25) is 0 Å². The third-order valence-corrected chi connectivity index (χ3v) is 3.51. The van der Waals surface area contributed by atoms with Crippen LogP contribution in [0.3, 0.4) is 0 Å². The van der Waals surface area contributed by atoms with Crippen LogP contribution in [0.5, 0.6) is 0 Å². The van der Waals surface area contributed by atoms with Crippen LogP contribution < -0.4 is 0 Å². The standard InChI is InChI=1S/C8H14O/c1-8-5-4-6(8)2-3-7(8)9/h6-7,9H,2-5H2,1H3/t6-,7-,8+/m1/s1. The van der Waals surface area contributed by atoms with Gasteiger partial charge in [0.15, 0.2) is 0 Å². The molecule has 0 bridgehead atoms. The average Bonchev–Trinajstić information content (AvgIpc) is 1.96. The van der Waals surface area contributed by atoms with Crippen LogP contribution in [-0.4, -0.2) is 11.2 Å². The van der Waals surface area contributed by atoms with Crippen LogP contribution in [0.1, 0.15) is 32.6 Å².